The van der Waals surface area contributed by atoms with Crippen LogP contribution in [0, 0.1) is 0 Å². The number of nitrogens with two attached hydrogens (primary N) is 1. The van der Waals surface area contributed by atoms with E-state index >= 15 is 0 Å². The van der Waals surface area contributed by atoms with Crippen LogP contribution in [-0.4, -0.2) is 17.5 Å². The molecule has 92 valence electrons. The Morgan fingerprint density at radius 3 is 2.12 bits per heavy atom. The van der Waals surface area contributed by atoms with Gasteiger partial charge in [-0.3, -0.25) is 4.79 Å². The highest BCUT2D eigenvalue weighted by molar-refractivity contribution is 5.86. The molecule has 3 N–H and O–H groups in total. The average Bonchev–Trinajstić information content (AvgIpc) is 2.56. The van der Waals surface area contributed by atoms with Crippen LogP contribution in [0.1, 0.15) is 64.2 Å². The van der Waals surface area contributed by atoms with Gasteiger partial charge in [0, 0.05) is 6.04 Å². The summed E-state index contributed by atoms with van der Waals surface area (Å²) < 4.78 is 0. The summed E-state index contributed by atoms with van der Waals surface area (Å²) in [6, 6.07) is 0.385. The molecule has 1 amide bonds. The van der Waals surface area contributed by atoms with Crippen LogP contribution in [0.4, 0.5) is 0 Å². The quantitative estimate of drug-likeness (QED) is 0.706. The number of nitrogens with one attached hydrogen (secondary N) is 1. The lowest BCUT2D eigenvalue weighted by Crippen LogP contribution is -2.54. The zero-order valence-electron chi connectivity index (χ0n) is 10.1. The summed E-state index contributed by atoms with van der Waals surface area (Å²) >= 11 is 0. The summed E-state index contributed by atoms with van der Waals surface area (Å²) in [5.74, 6) is 0.108. The van der Waals surface area contributed by atoms with E-state index in [-0.39, 0.29) is 5.91 Å². The summed E-state index contributed by atoms with van der Waals surface area (Å²) in [7, 11) is 0. The molecule has 0 radical (unpaired) electrons. The molecule has 0 aliphatic heterocycles. The first-order valence-electron chi connectivity index (χ1n) is 6.81. The number of hydrogen-bond acceptors (Lipinski definition) is 2. The number of amides is 1. The van der Waals surface area contributed by atoms with Gasteiger partial charge in [-0.2, -0.15) is 0 Å². The molecule has 2 fully saturated rings. The van der Waals surface area contributed by atoms with Gasteiger partial charge in [0.05, 0.1) is 5.54 Å². The molecule has 0 bridgehead atoms. The minimum atomic E-state index is -0.549. The Morgan fingerprint density at radius 2 is 1.56 bits per heavy atom. The van der Waals surface area contributed by atoms with Crippen LogP contribution >= 0.6 is 0 Å². The van der Waals surface area contributed by atoms with E-state index in [0.29, 0.717) is 6.04 Å². The van der Waals surface area contributed by atoms with Crippen molar-refractivity contribution < 1.29 is 4.79 Å². The Hall–Kier alpha value is -0.570. The van der Waals surface area contributed by atoms with E-state index in [0.717, 1.165) is 38.5 Å². The van der Waals surface area contributed by atoms with Gasteiger partial charge in [0.25, 0.3) is 0 Å². The SMILES string of the molecule is NC1(C(=O)NC2CCCCCC2)CCCC1. The molecule has 2 saturated carbocycles. The fraction of sp³-hybridized carbons (Fsp3) is 0.923. The van der Waals surface area contributed by atoms with Crippen molar-refractivity contribution >= 4 is 5.91 Å². The maximum Gasteiger partial charge on any atom is 0.240 e. The van der Waals surface area contributed by atoms with E-state index in [9.17, 15) is 4.79 Å². The fourth-order valence-corrected chi connectivity index (χ4v) is 2.99. The van der Waals surface area contributed by atoms with E-state index in [1.807, 2.05) is 0 Å². The van der Waals surface area contributed by atoms with Gasteiger partial charge in [0.15, 0.2) is 0 Å². The number of carbonyl (C=O) groups excluding carboxylic acids is 1. The lowest BCUT2D eigenvalue weighted by molar-refractivity contribution is -0.127. The minimum absolute atomic E-state index is 0.108. The minimum Gasteiger partial charge on any atom is -0.352 e. The molecule has 0 spiro atoms. The first kappa shape index (κ1) is 11.9. The van der Waals surface area contributed by atoms with Gasteiger partial charge < -0.3 is 11.1 Å². The van der Waals surface area contributed by atoms with Crippen LogP contribution in [0.2, 0.25) is 0 Å². The third kappa shape index (κ3) is 2.76. The standard InChI is InChI=1S/C13H24N2O/c14-13(9-5-6-10-13)12(16)15-11-7-3-1-2-4-8-11/h11H,1-10,14H2,(H,15,16). The number of hydrogen-bond donors (Lipinski definition) is 2. The molecule has 0 atom stereocenters. The predicted molar refractivity (Wildman–Crippen MR) is 65.0 cm³/mol. The van der Waals surface area contributed by atoms with Crippen LogP contribution < -0.4 is 11.1 Å². The van der Waals surface area contributed by atoms with Gasteiger partial charge >= 0.3 is 0 Å². The molecule has 0 heterocycles. The molecule has 0 aromatic heterocycles. The van der Waals surface area contributed by atoms with Crippen LogP contribution in [0.5, 0.6) is 0 Å². The maximum atomic E-state index is 12.1. The Labute approximate surface area is 98.2 Å². The molecule has 2 rings (SSSR count). The highest BCUT2D eigenvalue weighted by atomic mass is 16.2. The van der Waals surface area contributed by atoms with Crippen molar-refractivity contribution in [1.29, 1.82) is 0 Å². The molecule has 3 nitrogen and oxygen atoms in total. The molecule has 0 unspecified atom stereocenters. The van der Waals surface area contributed by atoms with Gasteiger partial charge in [0.1, 0.15) is 0 Å². The molecular formula is C13H24N2O. The predicted octanol–water partition coefficient (Wildman–Crippen LogP) is 2.10. The Balaban J connectivity index is 1.85. The van der Waals surface area contributed by atoms with Crippen LogP contribution in [0.15, 0.2) is 0 Å². The smallest absolute Gasteiger partial charge is 0.240 e. The van der Waals surface area contributed by atoms with E-state index in [2.05, 4.69) is 5.32 Å². The van der Waals surface area contributed by atoms with E-state index < -0.39 is 5.54 Å². The van der Waals surface area contributed by atoms with Gasteiger partial charge in [-0.25, -0.2) is 0 Å². The van der Waals surface area contributed by atoms with Crippen molar-refractivity contribution in [2.75, 3.05) is 0 Å². The van der Waals surface area contributed by atoms with Crippen molar-refractivity contribution in [3.63, 3.8) is 0 Å². The lowest BCUT2D eigenvalue weighted by Gasteiger charge is -2.26. The molecule has 2 aliphatic rings. The summed E-state index contributed by atoms with van der Waals surface area (Å²) in [5, 5.41) is 3.18. The van der Waals surface area contributed by atoms with Gasteiger partial charge in [0.2, 0.25) is 5.91 Å². The fourth-order valence-electron chi connectivity index (χ4n) is 2.99. The van der Waals surface area contributed by atoms with Crippen molar-refractivity contribution in [1.82, 2.24) is 5.32 Å². The summed E-state index contributed by atoms with van der Waals surface area (Å²) in [6.45, 7) is 0. The van der Waals surface area contributed by atoms with Crippen LogP contribution in [0.25, 0.3) is 0 Å². The largest absolute Gasteiger partial charge is 0.352 e. The van der Waals surface area contributed by atoms with Crippen molar-refractivity contribution in [2.45, 2.75) is 75.8 Å². The van der Waals surface area contributed by atoms with Crippen LogP contribution in [0.3, 0.4) is 0 Å². The lowest BCUT2D eigenvalue weighted by atomic mass is 9.97. The second-order valence-electron chi connectivity index (χ2n) is 5.53. The Kier molecular flexibility index (Phi) is 3.85. The Bertz CT molecular complexity index is 238. The van der Waals surface area contributed by atoms with Gasteiger partial charge in [-0.15, -0.1) is 0 Å². The van der Waals surface area contributed by atoms with Crippen molar-refractivity contribution in [3.05, 3.63) is 0 Å². The third-order valence-electron chi connectivity index (χ3n) is 4.14. The molecule has 0 saturated heterocycles. The number of carbonyl (C=O) groups is 1. The van der Waals surface area contributed by atoms with E-state index in [1.165, 1.54) is 25.7 Å². The number of rotatable bonds is 2. The highest BCUT2D eigenvalue weighted by Gasteiger charge is 2.37. The monoisotopic (exact) mass is 224 g/mol. The molecule has 3 heteroatoms. The molecule has 0 aromatic carbocycles. The molecule has 16 heavy (non-hydrogen) atoms. The normalized spacial score (nSPS) is 26.3. The van der Waals surface area contributed by atoms with Gasteiger partial charge in [-0.1, -0.05) is 38.5 Å². The molecular weight excluding hydrogens is 200 g/mol. The van der Waals surface area contributed by atoms with Crippen LogP contribution in [-0.2, 0) is 4.79 Å². The first-order valence-corrected chi connectivity index (χ1v) is 6.81. The Morgan fingerprint density at radius 1 is 1.00 bits per heavy atom. The highest BCUT2D eigenvalue weighted by Crippen LogP contribution is 2.28. The first-order chi connectivity index (χ1) is 7.71. The molecule has 2 aliphatic carbocycles. The zero-order valence-corrected chi connectivity index (χ0v) is 10.1. The van der Waals surface area contributed by atoms with E-state index in [4.69, 9.17) is 5.73 Å². The maximum absolute atomic E-state index is 12.1. The second-order valence-corrected chi connectivity index (χ2v) is 5.53. The molecule has 0 aromatic rings. The van der Waals surface area contributed by atoms with Crippen molar-refractivity contribution in [2.24, 2.45) is 5.73 Å². The van der Waals surface area contributed by atoms with Crippen molar-refractivity contribution in [3.8, 4) is 0 Å². The van der Waals surface area contributed by atoms with E-state index in [1.54, 1.807) is 0 Å². The third-order valence-corrected chi connectivity index (χ3v) is 4.14. The summed E-state index contributed by atoms with van der Waals surface area (Å²) in [6.07, 6.45) is 11.4. The average molecular weight is 224 g/mol. The second kappa shape index (κ2) is 5.17. The van der Waals surface area contributed by atoms with Gasteiger partial charge in [-0.05, 0) is 25.7 Å². The summed E-state index contributed by atoms with van der Waals surface area (Å²) in [4.78, 5) is 12.1. The topological polar surface area (TPSA) is 55.1 Å². The zero-order chi connectivity index (χ0) is 11.4. The summed E-state index contributed by atoms with van der Waals surface area (Å²) in [5.41, 5.74) is 5.60.